The smallest absolute Gasteiger partial charge is 0.137 e. The third-order valence-electron chi connectivity index (χ3n) is 1.37. The van der Waals surface area contributed by atoms with Crippen LogP contribution in [0, 0.1) is 5.92 Å². The van der Waals surface area contributed by atoms with Gasteiger partial charge in [0, 0.05) is 12.3 Å². The molecule has 0 unspecified atom stereocenters. The second kappa shape index (κ2) is 6.31. The Morgan fingerprint density at radius 2 is 2.09 bits per heavy atom. The maximum absolute atomic E-state index is 11.0. The predicted octanol–water partition coefficient (Wildman–Crippen LogP) is 0.611. The van der Waals surface area contributed by atoms with Crippen LogP contribution in [-0.4, -0.2) is 30.7 Å². The van der Waals surface area contributed by atoms with E-state index in [-0.39, 0.29) is 18.3 Å². The molecule has 11 heavy (non-hydrogen) atoms. The number of carbonyl (C=O) groups excluding carboxylic acids is 1. The molecule has 0 amide bonds. The molecule has 0 aliphatic carbocycles. The van der Waals surface area contributed by atoms with E-state index in [1.165, 1.54) is 0 Å². The van der Waals surface area contributed by atoms with E-state index in [1.807, 2.05) is 13.8 Å². The zero-order chi connectivity index (χ0) is 8.69. The number of ketones is 1. The van der Waals surface area contributed by atoms with E-state index in [4.69, 9.17) is 9.84 Å². The van der Waals surface area contributed by atoms with Crippen LogP contribution >= 0.6 is 0 Å². The number of hydrogen-bond donors (Lipinski definition) is 1. The van der Waals surface area contributed by atoms with Gasteiger partial charge in [0.1, 0.15) is 5.78 Å². The minimum absolute atomic E-state index is 0.0237. The van der Waals surface area contributed by atoms with Crippen molar-refractivity contribution in [1.82, 2.24) is 0 Å². The largest absolute Gasteiger partial charge is 0.394 e. The average molecular weight is 160 g/mol. The standard InChI is InChI=1S/C8H16O3/c1-7(2)8(10)3-5-11-6-4-9/h7,9H,3-6H2,1-2H3. The van der Waals surface area contributed by atoms with Crippen LogP contribution in [0.3, 0.4) is 0 Å². The Morgan fingerprint density at radius 1 is 1.45 bits per heavy atom. The molecule has 0 aliphatic rings. The highest BCUT2D eigenvalue weighted by atomic mass is 16.5. The fraction of sp³-hybridized carbons (Fsp3) is 0.875. The predicted molar refractivity (Wildman–Crippen MR) is 42.4 cm³/mol. The third kappa shape index (κ3) is 6.01. The number of hydrogen-bond acceptors (Lipinski definition) is 3. The Labute approximate surface area is 67.4 Å². The summed E-state index contributed by atoms with van der Waals surface area (Å²) in [4.78, 5) is 11.0. The fourth-order valence-electron chi connectivity index (χ4n) is 0.628. The Morgan fingerprint density at radius 3 is 2.55 bits per heavy atom. The van der Waals surface area contributed by atoms with Gasteiger partial charge in [-0.3, -0.25) is 4.79 Å². The number of ether oxygens (including phenoxy) is 1. The zero-order valence-corrected chi connectivity index (χ0v) is 7.17. The van der Waals surface area contributed by atoms with Gasteiger partial charge >= 0.3 is 0 Å². The molecule has 3 heteroatoms. The zero-order valence-electron chi connectivity index (χ0n) is 7.17. The molecule has 0 radical (unpaired) electrons. The highest BCUT2D eigenvalue weighted by Crippen LogP contribution is 1.98. The molecule has 3 nitrogen and oxygen atoms in total. The molecule has 66 valence electrons. The van der Waals surface area contributed by atoms with Crippen LogP contribution in [0.2, 0.25) is 0 Å². The molecule has 0 aromatic carbocycles. The van der Waals surface area contributed by atoms with Crippen molar-refractivity contribution < 1.29 is 14.6 Å². The van der Waals surface area contributed by atoms with E-state index < -0.39 is 0 Å². The number of rotatable bonds is 6. The van der Waals surface area contributed by atoms with E-state index in [9.17, 15) is 4.79 Å². The lowest BCUT2D eigenvalue weighted by Gasteiger charge is -2.03. The lowest BCUT2D eigenvalue weighted by Crippen LogP contribution is -2.11. The van der Waals surface area contributed by atoms with Crippen LogP contribution in [0.25, 0.3) is 0 Å². The molecular weight excluding hydrogens is 144 g/mol. The van der Waals surface area contributed by atoms with Gasteiger partial charge in [-0.05, 0) is 0 Å². The summed E-state index contributed by atoms with van der Waals surface area (Å²) in [5.74, 6) is 0.302. The first kappa shape index (κ1) is 10.6. The van der Waals surface area contributed by atoms with Crippen LogP contribution in [0.4, 0.5) is 0 Å². The quantitative estimate of drug-likeness (QED) is 0.579. The summed E-state index contributed by atoms with van der Waals surface area (Å²) in [6.07, 6.45) is 0.456. The molecule has 0 aliphatic heterocycles. The lowest BCUT2D eigenvalue weighted by molar-refractivity contribution is -0.123. The van der Waals surface area contributed by atoms with Crippen LogP contribution in [-0.2, 0) is 9.53 Å². The molecule has 0 heterocycles. The second-order valence-corrected chi connectivity index (χ2v) is 2.71. The van der Waals surface area contributed by atoms with Gasteiger partial charge in [0.05, 0.1) is 19.8 Å². The van der Waals surface area contributed by atoms with Gasteiger partial charge in [0.2, 0.25) is 0 Å². The van der Waals surface area contributed by atoms with Crippen molar-refractivity contribution in [3.05, 3.63) is 0 Å². The van der Waals surface area contributed by atoms with Gasteiger partial charge in [-0.25, -0.2) is 0 Å². The van der Waals surface area contributed by atoms with Gasteiger partial charge < -0.3 is 9.84 Å². The number of Topliss-reactive ketones (excluding diaryl/α,β-unsaturated/α-hetero) is 1. The molecular formula is C8H16O3. The molecule has 0 spiro atoms. The van der Waals surface area contributed by atoms with Gasteiger partial charge in [-0.1, -0.05) is 13.8 Å². The van der Waals surface area contributed by atoms with Crippen LogP contribution in [0.5, 0.6) is 0 Å². The Hall–Kier alpha value is -0.410. The molecule has 0 fully saturated rings. The van der Waals surface area contributed by atoms with Crippen LogP contribution in [0.15, 0.2) is 0 Å². The summed E-state index contributed by atoms with van der Waals surface area (Å²) in [6.45, 7) is 4.52. The van der Waals surface area contributed by atoms with E-state index in [0.717, 1.165) is 0 Å². The molecule has 0 bridgehead atoms. The highest BCUT2D eigenvalue weighted by Gasteiger charge is 2.05. The van der Waals surface area contributed by atoms with Crippen molar-refractivity contribution >= 4 is 5.78 Å². The topological polar surface area (TPSA) is 46.5 Å². The number of aliphatic hydroxyl groups is 1. The summed E-state index contributed by atoms with van der Waals surface area (Å²) in [7, 11) is 0. The summed E-state index contributed by atoms with van der Waals surface area (Å²) < 4.78 is 4.93. The minimum Gasteiger partial charge on any atom is -0.394 e. The Bertz CT molecular complexity index is 110. The maximum atomic E-state index is 11.0. The first-order valence-electron chi connectivity index (χ1n) is 3.89. The van der Waals surface area contributed by atoms with Crippen LogP contribution < -0.4 is 0 Å². The average Bonchev–Trinajstić information content (AvgIpc) is 1.97. The van der Waals surface area contributed by atoms with Crippen molar-refractivity contribution in [3.63, 3.8) is 0 Å². The van der Waals surface area contributed by atoms with Crippen molar-refractivity contribution in [2.24, 2.45) is 5.92 Å². The minimum atomic E-state index is 0.0237. The lowest BCUT2D eigenvalue weighted by atomic mass is 10.1. The normalized spacial score (nSPS) is 10.5. The van der Waals surface area contributed by atoms with Crippen molar-refractivity contribution in [3.8, 4) is 0 Å². The molecule has 0 saturated heterocycles. The van der Waals surface area contributed by atoms with Crippen molar-refractivity contribution in [1.29, 1.82) is 0 Å². The molecule has 0 aromatic rings. The van der Waals surface area contributed by atoms with Gasteiger partial charge in [-0.15, -0.1) is 0 Å². The molecule has 0 rings (SSSR count). The number of aliphatic hydroxyl groups excluding tert-OH is 1. The molecule has 1 N–H and O–H groups in total. The third-order valence-corrected chi connectivity index (χ3v) is 1.37. The van der Waals surface area contributed by atoms with Crippen molar-refractivity contribution in [2.75, 3.05) is 19.8 Å². The van der Waals surface area contributed by atoms with E-state index in [0.29, 0.717) is 19.6 Å². The summed E-state index contributed by atoms with van der Waals surface area (Å²) in [5.41, 5.74) is 0. The summed E-state index contributed by atoms with van der Waals surface area (Å²) in [5, 5.41) is 8.33. The highest BCUT2D eigenvalue weighted by molar-refractivity contribution is 5.80. The van der Waals surface area contributed by atoms with E-state index >= 15 is 0 Å². The van der Waals surface area contributed by atoms with Gasteiger partial charge in [-0.2, -0.15) is 0 Å². The van der Waals surface area contributed by atoms with E-state index in [1.54, 1.807) is 0 Å². The molecule has 0 saturated carbocycles. The summed E-state index contributed by atoms with van der Waals surface area (Å²) in [6, 6.07) is 0. The monoisotopic (exact) mass is 160 g/mol. The van der Waals surface area contributed by atoms with E-state index in [2.05, 4.69) is 0 Å². The van der Waals surface area contributed by atoms with Crippen molar-refractivity contribution in [2.45, 2.75) is 20.3 Å². The first-order valence-corrected chi connectivity index (χ1v) is 3.89. The SMILES string of the molecule is CC(C)C(=O)CCOCCO. The Kier molecular flexibility index (Phi) is 6.07. The van der Waals surface area contributed by atoms with Gasteiger partial charge in [0.25, 0.3) is 0 Å². The molecule has 0 atom stereocenters. The van der Waals surface area contributed by atoms with Crippen LogP contribution in [0.1, 0.15) is 20.3 Å². The molecule has 0 aromatic heterocycles. The maximum Gasteiger partial charge on any atom is 0.137 e. The second-order valence-electron chi connectivity index (χ2n) is 2.71. The number of carbonyl (C=O) groups is 1. The van der Waals surface area contributed by atoms with Gasteiger partial charge in [0.15, 0.2) is 0 Å². The first-order chi connectivity index (χ1) is 5.18. The summed E-state index contributed by atoms with van der Waals surface area (Å²) >= 11 is 0. The fourth-order valence-corrected chi connectivity index (χ4v) is 0.628. The Balaban J connectivity index is 3.18.